The topological polar surface area (TPSA) is 108 Å². The van der Waals surface area contributed by atoms with Gasteiger partial charge in [0, 0.05) is 30.9 Å². The van der Waals surface area contributed by atoms with E-state index in [4.69, 9.17) is 15.2 Å². The molecule has 1 aliphatic heterocycles. The molecule has 0 bridgehead atoms. The molecular formula is C22H26N6O3. The van der Waals surface area contributed by atoms with Crippen LogP contribution in [0, 0.1) is 6.92 Å². The minimum absolute atomic E-state index is 0.0251. The summed E-state index contributed by atoms with van der Waals surface area (Å²) < 4.78 is 12.3. The molecule has 1 fully saturated rings. The Labute approximate surface area is 180 Å². The third-order valence-electron chi connectivity index (χ3n) is 4.98. The fourth-order valence-corrected chi connectivity index (χ4v) is 3.31. The van der Waals surface area contributed by atoms with Crippen molar-refractivity contribution in [3.8, 4) is 5.75 Å². The number of ether oxygens (including phenoxy) is 2. The van der Waals surface area contributed by atoms with Gasteiger partial charge in [0.1, 0.15) is 12.4 Å². The lowest BCUT2D eigenvalue weighted by atomic mass is 10.1. The molecule has 0 aliphatic carbocycles. The molecule has 0 unspecified atom stereocenters. The average Bonchev–Trinajstić information content (AvgIpc) is 3.15. The number of anilines is 3. The molecule has 9 nitrogen and oxygen atoms in total. The maximum absolute atomic E-state index is 12.7. The van der Waals surface area contributed by atoms with E-state index in [2.05, 4.69) is 20.3 Å². The van der Waals surface area contributed by atoms with Crippen LogP contribution in [0.2, 0.25) is 0 Å². The maximum atomic E-state index is 12.7. The van der Waals surface area contributed by atoms with E-state index in [9.17, 15) is 4.79 Å². The third kappa shape index (κ3) is 5.39. The van der Waals surface area contributed by atoms with Gasteiger partial charge in [0.05, 0.1) is 13.2 Å². The number of nitrogens with two attached hydrogens (primary N) is 1. The molecule has 0 atom stereocenters. The first-order valence-electron chi connectivity index (χ1n) is 10.2. The number of morpholine rings is 1. The van der Waals surface area contributed by atoms with E-state index >= 15 is 0 Å². The van der Waals surface area contributed by atoms with E-state index < -0.39 is 0 Å². The van der Waals surface area contributed by atoms with Gasteiger partial charge in [-0.15, -0.1) is 5.10 Å². The second kappa shape index (κ2) is 9.59. The minimum atomic E-state index is -0.328. The van der Waals surface area contributed by atoms with Gasteiger partial charge in [-0.05, 0) is 43.3 Å². The third-order valence-corrected chi connectivity index (χ3v) is 4.98. The van der Waals surface area contributed by atoms with E-state index in [-0.39, 0.29) is 17.8 Å². The number of carbonyl (C=O) groups is 1. The van der Waals surface area contributed by atoms with Crippen molar-refractivity contribution in [2.75, 3.05) is 50.5 Å². The number of hydrogen-bond acceptors (Lipinski definition) is 8. The van der Waals surface area contributed by atoms with Crippen LogP contribution in [-0.4, -0.2) is 65.0 Å². The Kier molecular flexibility index (Phi) is 6.44. The lowest BCUT2D eigenvalue weighted by Gasteiger charge is -2.26. The minimum Gasteiger partial charge on any atom is -0.492 e. The molecule has 9 heteroatoms. The number of aromatic nitrogens is 3. The molecule has 2 aromatic carbocycles. The van der Waals surface area contributed by atoms with Gasteiger partial charge in [-0.3, -0.25) is 9.69 Å². The van der Waals surface area contributed by atoms with Gasteiger partial charge < -0.3 is 20.5 Å². The summed E-state index contributed by atoms with van der Waals surface area (Å²) in [5, 5.41) is 7.27. The van der Waals surface area contributed by atoms with Gasteiger partial charge in [-0.25, -0.2) is 0 Å². The molecule has 2 heterocycles. The number of nitrogens with one attached hydrogen (secondary N) is 1. The smallest absolute Gasteiger partial charge is 0.281 e. The Morgan fingerprint density at radius 2 is 1.97 bits per heavy atom. The maximum Gasteiger partial charge on any atom is 0.281 e. The summed E-state index contributed by atoms with van der Waals surface area (Å²) in [4.78, 5) is 19.1. The number of aryl methyl sites for hydroxylation is 1. The van der Waals surface area contributed by atoms with Gasteiger partial charge >= 0.3 is 0 Å². The molecule has 0 radical (unpaired) electrons. The summed E-state index contributed by atoms with van der Waals surface area (Å²) in [6.07, 6.45) is 0. The second-order valence-corrected chi connectivity index (χ2v) is 7.33. The quantitative estimate of drug-likeness (QED) is 0.597. The number of rotatable bonds is 7. The van der Waals surface area contributed by atoms with Crippen molar-refractivity contribution < 1.29 is 14.3 Å². The first-order valence-corrected chi connectivity index (χ1v) is 10.2. The monoisotopic (exact) mass is 422 g/mol. The predicted molar refractivity (Wildman–Crippen MR) is 118 cm³/mol. The van der Waals surface area contributed by atoms with E-state index in [1.807, 2.05) is 43.3 Å². The van der Waals surface area contributed by atoms with Crippen molar-refractivity contribution >= 4 is 23.5 Å². The second-order valence-electron chi connectivity index (χ2n) is 7.33. The highest BCUT2D eigenvalue weighted by Gasteiger charge is 2.16. The molecule has 1 aromatic heterocycles. The Hall–Kier alpha value is -3.43. The first kappa shape index (κ1) is 20.8. The molecule has 0 saturated carbocycles. The Balaban J connectivity index is 1.34. The standard InChI is InChI=1S/C22H26N6O3/c1-16-3-2-4-17(15-16)20(29)28-21(23)25-22(26-28)24-18-5-7-19(8-6-18)31-14-11-27-9-12-30-13-10-27/h2-8,15H,9-14H2,1H3,(H3,23,24,25,26). The lowest BCUT2D eigenvalue weighted by Crippen LogP contribution is -2.38. The zero-order valence-corrected chi connectivity index (χ0v) is 17.5. The first-order chi connectivity index (χ1) is 15.1. The fourth-order valence-electron chi connectivity index (χ4n) is 3.31. The summed E-state index contributed by atoms with van der Waals surface area (Å²) in [5.41, 5.74) is 8.16. The number of carbonyl (C=O) groups excluding carboxylic acids is 1. The number of nitrogen functional groups attached to an aromatic ring is 1. The van der Waals surface area contributed by atoms with Crippen LogP contribution in [0.5, 0.6) is 5.75 Å². The summed E-state index contributed by atoms with van der Waals surface area (Å²) in [6.45, 7) is 6.87. The highest BCUT2D eigenvalue weighted by atomic mass is 16.5. The van der Waals surface area contributed by atoms with Crippen molar-refractivity contribution in [1.82, 2.24) is 19.7 Å². The molecule has 162 valence electrons. The van der Waals surface area contributed by atoms with Crippen LogP contribution < -0.4 is 15.8 Å². The molecule has 0 spiro atoms. The van der Waals surface area contributed by atoms with Crippen molar-refractivity contribution in [3.63, 3.8) is 0 Å². The van der Waals surface area contributed by atoms with E-state index in [0.29, 0.717) is 12.2 Å². The van der Waals surface area contributed by atoms with Crippen LogP contribution >= 0.6 is 0 Å². The molecular weight excluding hydrogens is 396 g/mol. The SMILES string of the molecule is Cc1cccc(C(=O)n2nc(Nc3ccc(OCCN4CCOCC4)cc3)nc2N)c1. The fraction of sp³-hybridized carbons (Fsp3) is 0.318. The molecule has 3 aromatic rings. The number of hydrogen-bond donors (Lipinski definition) is 2. The summed E-state index contributed by atoms with van der Waals surface area (Å²) in [5.74, 6) is 0.730. The zero-order valence-electron chi connectivity index (χ0n) is 17.5. The van der Waals surface area contributed by atoms with E-state index in [1.165, 1.54) is 0 Å². The van der Waals surface area contributed by atoms with E-state index in [1.54, 1.807) is 12.1 Å². The van der Waals surface area contributed by atoms with Crippen molar-refractivity contribution in [2.24, 2.45) is 0 Å². The van der Waals surface area contributed by atoms with Crippen molar-refractivity contribution in [3.05, 3.63) is 59.7 Å². The van der Waals surface area contributed by atoms with Crippen molar-refractivity contribution in [2.45, 2.75) is 6.92 Å². The van der Waals surface area contributed by atoms with Crippen LogP contribution in [0.25, 0.3) is 0 Å². The van der Waals surface area contributed by atoms with Gasteiger partial charge in [-0.2, -0.15) is 9.67 Å². The van der Waals surface area contributed by atoms with Crippen LogP contribution in [0.4, 0.5) is 17.6 Å². The van der Waals surface area contributed by atoms with Crippen LogP contribution in [0.15, 0.2) is 48.5 Å². The molecule has 1 aliphatic rings. The normalized spacial score (nSPS) is 14.4. The molecule has 1 saturated heterocycles. The average molecular weight is 422 g/mol. The van der Waals surface area contributed by atoms with Crippen LogP contribution in [-0.2, 0) is 4.74 Å². The van der Waals surface area contributed by atoms with Gasteiger partial charge in [0.2, 0.25) is 11.9 Å². The molecule has 0 amide bonds. The number of benzene rings is 2. The molecule has 31 heavy (non-hydrogen) atoms. The highest BCUT2D eigenvalue weighted by Crippen LogP contribution is 2.19. The summed E-state index contributed by atoms with van der Waals surface area (Å²) in [6, 6.07) is 14.7. The largest absolute Gasteiger partial charge is 0.492 e. The highest BCUT2D eigenvalue weighted by molar-refractivity contribution is 5.97. The lowest BCUT2D eigenvalue weighted by molar-refractivity contribution is 0.0322. The van der Waals surface area contributed by atoms with Gasteiger partial charge in [-0.1, -0.05) is 17.7 Å². The van der Waals surface area contributed by atoms with Gasteiger partial charge in [0.15, 0.2) is 0 Å². The Morgan fingerprint density at radius 3 is 2.71 bits per heavy atom. The molecule has 3 N–H and O–H groups in total. The summed E-state index contributed by atoms with van der Waals surface area (Å²) >= 11 is 0. The van der Waals surface area contributed by atoms with Crippen molar-refractivity contribution in [1.29, 1.82) is 0 Å². The Bertz CT molecular complexity index is 1030. The molecule has 4 rings (SSSR count). The summed E-state index contributed by atoms with van der Waals surface area (Å²) in [7, 11) is 0. The Morgan fingerprint density at radius 1 is 1.19 bits per heavy atom. The predicted octanol–water partition coefficient (Wildman–Crippen LogP) is 2.31. The van der Waals surface area contributed by atoms with E-state index in [0.717, 1.165) is 54.5 Å². The van der Waals surface area contributed by atoms with Crippen LogP contribution in [0.1, 0.15) is 15.9 Å². The number of nitrogens with zero attached hydrogens (tertiary/aromatic N) is 4. The zero-order chi connectivity index (χ0) is 21.6. The van der Waals surface area contributed by atoms with Gasteiger partial charge in [0.25, 0.3) is 5.91 Å². The van der Waals surface area contributed by atoms with Crippen LogP contribution in [0.3, 0.4) is 0 Å².